The van der Waals surface area contributed by atoms with E-state index in [4.69, 9.17) is 5.26 Å². The SMILES string of the molecule is CC(C)N(C)S(=O)(=O)N(CCC#N)Cc1ccccn1. The standard InChI is InChI=1S/C13H20N4O2S/c1-12(2)16(3)20(18,19)17(10-6-8-14)11-13-7-4-5-9-15-13/h4-5,7,9,12H,6,10-11H2,1-3H3. The van der Waals surface area contributed by atoms with Crippen LogP contribution in [0.4, 0.5) is 0 Å². The van der Waals surface area contributed by atoms with Crippen LogP contribution in [-0.2, 0) is 16.8 Å². The number of rotatable bonds is 7. The third-order valence-electron chi connectivity index (χ3n) is 2.95. The maximum atomic E-state index is 12.5. The number of hydrogen-bond donors (Lipinski definition) is 0. The molecule has 0 N–H and O–H groups in total. The van der Waals surface area contributed by atoms with E-state index in [0.717, 1.165) is 0 Å². The summed E-state index contributed by atoms with van der Waals surface area (Å²) in [5.74, 6) is 0. The van der Waals surface area contributed by atoms with Gasteiger partial charge in [0.05, 0.1) is 18.3 Å². The van der Waals surface area contributed by atoms with Crippen molar-refractivity contribution in [2.45, 2.75) is 32.9 Å². The van der Waals surface area contributed by atoms with Gasteiger partial charge in [-0.3, -0.25) is 4.98 Å². The van der Waals surface area contributed by atoms with Crippen molar-refractivity contribution in [1.82, 2.24) is 13.6 Å². The first-order valence-corrected chi connectivity index (χ1v) is 7.79. The summed E-state index contributed by atoms with van der Waals surface area (Å²) in [4.78, 5) is 4.14. The molecule has 0 unspecified atom stereocenters. The average molecular weight is 296 g/mol. The molecule has 1 heterocycles. The molecular formula is C13H20N4O2S. The van der Waals surface area contributed by atoms with Crippen LogP contribution < -0.4 is 0 Å². The predicted octanol–water partition coefficient (Wildman–Crippen LogP) is 1.38. The number of nitriles is 1. The van der Waals surface area contributed by atoms with Crippen LogP contribution in [0.1, 0.15) is 26.0 Å². The van der Waals surface area contributed by atoms with E-state index in [2.05, 4.69) is 4.98 Å². The first-order chi connectivity index (χ1) is 9.39. The molecule has 1 aromatic heterocycles. The van der Waals surface area contributed by atoms with Gasteiger partial charge in [-0.2, -0.15) is 22.3 Å². The summed E-state index contributed by atoms with van der Waals surface area (Å²) in [6, 6.07) is 7.19. The Labute approximate surface area is 120 Å². The molecule has 0 radical (unpaired) electrons. The fourth-order valence-corrected chi connectivity index (χ4v) is 3.09. The number of pyridine rings is 1. The maximum Gasteiger partial charge on any atom is 0.282 e. The zero-order valence-corrected chi connectivity index (χ0v) is 12.8. The van der Waals surface area contributed by atoms with Crippen molar-refractivity contribution in [3.8, 4) is 6.07 Å². The summed E-state index contributed by atoms with van der Waals surface area (Å²) < 4.78 is 27.6. The van der Waals surface area contributed by atoms with E-state index in [1.165, 1.54) is 15.7 Å². The van der Waals surface area contributed by atoms with Gasteiger partial charge in [-0.25, -0.2) is 0 Å². The summed E-state index contributed by atoms with van der Waals surface area (Å²) in [5, 5.41) is 8.69. The van der Waals surface area contributed by atoms with Gasteiger partial charge in [0, 0.05) is 32.3 Å². The Bertz CT molecular complexity index is 551. The van der Waals surface area contributed by atoms with Crippen LogP contribution >= 0.6 is 0 Å². The summed E-state index contributed by atoms with van der Waals surface area (Å²) in [5.41, 5.74) is 0.658. The highest BCUT2D eigenvalue weighted by molar-refractivity contribution is 7.86. The molecule has 0 aliphatic heterocycles. The van der Waals surface area contributed by atoms with Crippen LogP contribution in [0.3, 0.4) is 0 Å². The van der Waals surface area contributed by atoms with Gasteiger partial charge in [0.2, 0.25) is 0 Å². The minimum atomic E-state index is -3.60. The van der Waals surface area contributed by atoms with Gasteiger partial charge in [-0.05, 0) is 26.0 Å². The third kappa shape index (κ3) is 4.27. The second-order valence-electron chi connectivity index (χ2n) is 4.68. The zero-order valence-electron chi connectivity index (χ0n) is 12.0. The van der Waals surface area contributed by atoms with Crippen molar-refractivity contribution in [3.05, 3.63) is 30.1 Å². The fraction of sp³-hybridized carbons (Fsp3) is 0.538. The largest absolute Gasteiger partial charge is 0.282 e. The van der Waals surface area contributed by atoms with E-state index in [0.29, 0.717) is 5.69 Å². The summed E-state index contributed by atoms with van der Waals surface area (Å²) in [6.45, 7) is 3.94. The molecule has 7 heteroatoms. The monoisotopic (exact) mass is 296 g/mol. The lowest BCUT2D eigenvalue weighted by atomic mass is 10.3. The normalized spacial score (nSPS) is 12.1. The van der Waals surface area contributed by atoms with Gasteiger partial charge < -0.3 is 0 Å². The van der Waals surface area contributed by atoms with Gasteiger partial charge in [0.25, 0.3) is 10.2 Å². The first kappa shape index (κ1) is 16.6. The highest BCUT2D eigenvalue weighted by Gasteiger charge is 2.28. The van der Waals surface area contributed by atoms with Crippen molar-refractivity contribution in [3.63, 3.8) is 0 Å². The van der Waals surface area contributed by atoms with Crippen molar-refractivity contribution < 1.29 is 8.42 Å². The molecule has 0 atom stereocenters. The molecule has 0 fully saturated rings. The average Bonchev–Trinajstić information content (AvgIpc) is 2.43. The minimum Gasteiger partial charge on any atom is -0.260 e. The molecule has 0 spiro atoms. The molecule has 0 aliphatic carbocycles. The molecule has 1 rings (SSSR count). The van der Waals surface area contributed by atoms with E-state index in [9.17, 15) is 8.42 Å². The van der Waals surface area contributed by atoms with Gasteiger partial charge >= 0.3 is 0 Å². The fourth-order valence-electron chi connectivity index (χ4n) is 1.57. The Morgan fingerprint density at radius 2 is 2.10 bits per heavy atom. The van der Waals surface area contributed by atoms with E-state index in [1.807, 2.05) is 12.1 Å². The first-order valence-electron chi connectivity index (χ1n) is 6.39. The lowest BCUT2D eigenvalue weighted by molar-refractivity contribution is 0.331. The summed E-state index contributed by atoms with van der Waals surface area (Å²) >= 11 is 0. The van der Waals surface area contributed by atoms with Crippen LogP contribution in [0.25, 0.3) is 0 Å². The number of nitrogens with zero attached hydrogens (tertiary/aromatic N) is 4. The quantitative estimate of drug-likeness (QED) is 0.761. The lowest BCUT2D eigenvalue weighted by Crippen LogP contribution is -2.44. The van der Waals surface area contributed by atoms with E-state index in [-0.39, 0.29) is 25.6 Å². The summed E-state index contributed by atoms with van der Waals surface area (Å²) in [7, 11) is -2.06. The zero-order chi connectivity index (χ0) is 15.2. The highest BCUT2D eigenvalue weighted by atomic mass is 32.2. The van der Waals surface area contributed by atoms with E-state index in [1.54, 1.807) is 32.2 Å². The molecule has 0 saturated carbocycles. The topological polar surface area (TPSA) is 77.3 Å². The van der Waals surface area contributed by atoms with Crippen molar-refractivity contribution in [2.75, 3.05) is 13.6 Å². The Morgan fingerprint density at radius 3 is 2.60 bits per heavy atom. The highest BCUT2D eigenvalue weighted by Crippen LogP contribution is 2.14. The maximum absolute atomic E-state index is 12.5. The van der Waals surface area contributed by atoms with Crippen LogP contribution in [0, 0.1) is 11.3 Å². The Kier molecular flexibility index (Phi) is 6.07. The molecular weight excluding hydrogens is 276 g/mol. The molecule has 0 amide bonds. The molecule has 110 valence electrons. The van der Waals surface area contributed by atoms with Gasteiger partial charge in [0.1, 0.15) is 0 Å². The molecule has 0 saturated heterocycles. The Hall–Kier alpha value is -1.49. The molecule has 1 aromatic rings. The molecule has 6 nitrogen and oxygen atoms in total. The molecule has 0 bridgehead atoms. The number of aromatic nitrogens is 1. The molecule has 0 aromatic carbocycles. The van der Waals surface area contributed by atoms with E-state index >= 15 is 0 Å². The lowest BCUT2D eigenvalue weighted by Gasteiger charge is -2.29. The predicted molar refractivity (Wildman–Crippen MR) is 76.7 cm³/mol. The van der Waals surface area contributed by atoms with Gasteiger partial charge in [-0.15, -0.1) is 0 Å². The van der Waals surface area contributed by atoms with Crippen molar-refractivity contribution in [2.24, 2.45) is 0 Å². The van der Waals surface area contributed by atoms with Crippen LogP contribution in [0.2, 0.25) is 0 Å². The summed E-state index contributed by atoms with van der Waals surface area (Å²) in [6.07, 6.45) is 1.77. The van der Waals surface area contributed by atoms with Crippen LogP contribution in [0.15, 0.2) is 24.4 Å². The van der Waals surface area contributed by atoms with Crippen molar-refractivity contribution >= 4 is 10.2 Å². The minimum absolute atomic E-state index is 0.145. The molecule has 20 heavy (non-hydrogen) atoms. The molecule has 0 aliphatic rings. The van der Waals surface area contributed by atoms with Crippen LogP contribution in [0.5, 0.6) is 0 Å². The van der Waals surface area contributed by atoms with Gasteiger partial charge in [0.15, 0.2) is 0 Å². The van der Waals surface area contributed by atoms with E-state index < -0.39 is 10.2 Å². The Morgan fingerprint density at radius 1 is 1.40 bits per heavy atom. The third-order valence-corrected chi connectivity index (χ3v) is 5.07. The van der Waals surface area contributed by atoms with Crippen molar-refractivity contribution in [1.29, 1.82) is 5.26 Å². The smallest absolute Gasteiger partial charge is 0.260 e. The van der Waals surface area contributed by atoms with Gasteiger partial charge in [-0.1, -0.05) is 6.07 Å². The second-order valence-corrected chi connectivity index (χ2v) is 6.67. The van der Waals surface area contributed by atoms with Crippen LogP contribution in [-0.4, -0.2) is 41.6 Å². The Balaban J connectivity index is 2.98. The number of hydrogen-bond acceptors (Lipinski definition) is 4. The second kappa shape index (κ2) is 7.33.